The molecule has 0 saturated carbocycles. The van der Waals surface area contributed by atoms with Crippen LogP contribution in [-0.4, -0.2) is 9.97 Å². The van der Waals surface area contributed by atoms with Crippen molar-refractivity contribution in [3.63, 3.8) is 0 Å². The molecule has 0 aromatic carbocycles. The van der Waals surface area contributed by atoms with Crippen molar-refractivity contribution in [2.75, 3.05) is 5.73 Å². The van der Waals surface area contributed by atoms with Gasteiger partial charge in [-0.15, -0.1) is 11.3 Å². The molecule has 0 unspecified atom stereocenters. The van der Waals surface area contributed by atoms with Gasteiger partial charge in [0.15, 0.2) is 5.82 Å². The lowest BCUT2D eigenvalue weighted by Crippen LogP contribution is -2.01. The number of nitrogens with zero attached hydrogens (tertiary/aromatic N) is 2. The first-order valence-corrected chi connectivity index (χ1v) is 6.73. The fourth-order valence-electron chi connectivity index (χ4n) is 1.29. The zero-order valence-electron chi connectivity index (χ0n) is 8.50. The van der Waals surface area contributed by atoms with E-state index < -0.39 is 0 Å². The van der Waals surface area contributed by atoms with Gasteiger partial charge in [0.05, 0.1) is 20.1 Å². The average molecular weight is 319 g/mol. The molecule has 0 amide bonds. The first-order valence-electron chi connectivity index (χ1n) is 4.68. The molecular weight excluding hydrogens is 310 g/mol. The van der Waals surface area contributed by atoms with Crippen molar-refractivity contribution in [2.45, 2.75) is 13.3 Å². The van der Waals surface area contributed by atoms with Crippen LogP contribution in [0.5, 0.6) is 0 Å². The van der Waals surface area contributed by atoms with E-state index in [1.165, 1.54) is 11.3 Å². The van der Waals surface area contributed by atoms with Crippen LogP contribution in [0.2, 0.25) is 5.02 Å². The van der Waals surface area contributed by atoms with Gasteiger partial charge >= 0.3 is 0 Å². The molecule has 2 aromatic rings. The Kier molecular flexibility index (Phi) is 3.47. The second-order valence-corrected chi connectivity index (χ2v) is 5.32. The van der Waals surface area contributed by atoms with Crippen molar-refractivity contribution in [3.05, 3.63) is 26.6 Å². The van der Waals surface area contributed by atoms with E-state index in [1.54, 1.807) is 0 Å². The molecule has 84 valence electrons. The summed E-state index contributed by atoms with van der Waals surface area (Å²) in [6, 6.07) is 1.84. The van der Waals surface area contributed by atoms with Gasteiger partial charge < -0.3 is 5.73 Å². The van der Waals surface area contributed by atoms with Crippen molar-refractivity contribution in [2.24, 2.45) is 0 Å². The molecule has 2 rings (SSSR count). The van der Waals surface area contributed by atoms with Gasteiger partial charge in [0, 0.05) is 5.38 Å². The summed E-state index contributed by atoms with van der Waals surface area (Å²) >= 11 is 10.8. The van der Waals surface area contributed by atoms with E-state index in [9.17, 15) is 0 Å². The summed E-state index contributed by atoms with van der Waals surface area (Å²) in [6.07, 6.45) is 0.805. The minimum atomic E-state index is 0.464. The first kappa shape index (κ1) is 11.8. The molecule has 2 aromatic heterocycles. The van der Waals surface area contributed by atoms with Crippen LogP contribution >= 0.6 is 38.9 Å². The van der Waals surface area contributed by atoms with Crippen LogP contribution in [0.1, 0.15) is 12.6 Å². The lowest BCUT2D eigenvalue weighted by atomic mass is 10.3. The second kappa shape index (κ2) is 4.69. The molecule has 0 saturated heterocycles. The minimum absolute atomic E-state index is 0.464. The topological polar surface area (TPSA) is 51.8 Å². The SMILES string of the molecule is CCc1nc(-c2cc(Cl)cs2)nc(N)c1Br. The van der Waals surface area contributed by atoms with Crippen LogP contribution in [0, 0.1) is 0 Å². The van der Waals surface area contributed by atoms with E-state index in [0.29, 0.717) is 16.7 Å². The van der Waals surface area contributed by atoms with Gasteiger partial charge in [0.1, 0.15) is 5.82 Å². The molecular formula is C10H9BrClN3S. The maximum atomic E-state index is 5.87. The van der Waals surface area contributed by atoms with E-state index in [4.69, 9.17) is 17.3 Å². The second-order valence-electron chi connectivity index (χ2n) is 3.18. The monoisotopic (exact) mass is 317 g/mol. The largest absolute Gasteiger partial charge is 0.383 e. The molecule has 0 spiro atoms. The lowest BCUT2D eigenvalue weighted by molar-refractivity contribution is 0.998. The molecule has 0 bridgehead atoms. The van der Waals surface area contributed by atoms with E-state index in [1.807, 2.05) is 18.4 Å². The van der Waals surface area contributed by atoms with Gasteiger partial charge in [-0.2, -0.15) is 0 Å². The third-order valence-electron chi connectivity index (χ3n) is 2.07. The van der Waals surface area contributed by atoms with Crippen molar-refractivity contribution in [3.8, 4) is 10.7 Å². The molecule has 0 atom stereocenters. The maximum Gasteiger partial charge on any atom is 0.171 e. The Morgan fingerprint density at radius 2 is 2.25 bits per heavy atom. The Hall–Kier alpha value is -0.650. The van der Waals surface area contributed by atoms with E-state index in [2.05, 4.69) is 25.9 Å². The minimum Gasteiger partial charge on any atom is -0.383 e. The zero-order chi connectivity index (χ0) is 11.7. The highest BCUT2D eigenvalue weighted by atomic mass is 79.9. The molecule has 0 aliphatic carbocycles. The number of hydrogen-bond donors (Lipinski definition) is 1. The highest BCUT2D eigenvalue weighted by molar-refractivity contribution is 9.10. The number of nitrogens with two attached hydrogens (primary N) is 1. The van der Waals surface area contributed by atoms with E-state index in [-0.39, 0.29) is 0 Å². The first-order chi connectivity index (χ1) is 7.61. The normalized spacial score (nSPS) is 10.7. The van der Waals surface area contributed by atoms with E-state index in [0.717, 1.165) is 21.5 Å². The van der Waals surface area contributed by atoms with Crippen LogP contribution in [0.4, 0.5) is 5.82 Å². The van der Waals surface area contributed by atoms with Gasteiger partial charge in [-0.25, -0.2) is 9.97 Å². The van der Waals surface area contributed by atoms with E-state index >= 15 is 0 Å². The number of thiophene rings is 1. The Morgan fingerprint density at radius 1 is 1.50 bits per heavy atom. The highest BCUT2D eigenvalue weighted by Crippen LogP contribution is 2.30. The molecule has 0 aliphatic heterocycles. The fourth-order valence-corrected chi connectivity index (χ4v) is 2.75. The molecule has 3 nitrogen and oxygen atoms in total. The Morgan fingerprint density at radius 3 is 2.81 bits per heavy atom. The quantitative estimate of drug-likeness (QED) is 0.917. The maximum absolute atomic E-state index is 5.87. The van der Waals surface area contributed by atoms with Crippen LogP contribution in [0.15, 0.2) is 15.9 Å². The summed E-state index contributed by atoms with van der Waals surface area (Å²) in [7, 11) is 0. The lowest BCUT2D eigenvalue weighted by Gasteiger charge is -2.05. The Balaban J connectivity index is 2.54. The zero-order valence-corrected chi connectivity index (χ0v) is 11.7. The molecule has 0 radical (unpaired) electrons. The Bertz CT molecular complexity index is 527. The molecule has 2 heterocycles. The van der Waals surface area contributed by atoms with Gasteiger partial charge in [0.2, 0.25) is 0 Å². The molecule has 6 heteroatoms. The van der Waals surface area contributed by atoms with Crippen LogP contribution in [0.25, 0.3) is 10.7 Å². The van der Waals surface area contributed by atoms with Gasteiger partial charge in [-0.1, -0.05) is 18.5 Å². The summed E-state index contributed by atoms with van der Waals surface area (Å²) in [6.45, 7) is 2.03. The predicted octanol–water partition coefficient (Wildman–Crippen LogP) is 3.77. The predicted molar refractivity (Wildman–Crippen MR) is 71.8 cm³/mol. The molecule has 2 N–H and O–H groups in total. The number of halogens is 2. The van der Waals surface area contributed by atoms with Gasteiger partial charge in [0.25, 0.3) is 0 Å². The Labute approximate surface area is 111 Å². The van der Waals surface area contributed by atoms with Gasteiger partial charge in [-0.05, 0) is 28.4 Å². The highest BCUT2D eigenvalue weighted by Gasteiger charge is 2.11. The fraction of sp³-hybridized carbons (Fsp3) is 0.200. The van der Waals surface area contributed by atoms with Crippen LogP contribution in [-0.2, 0) is 6.42 Å². The van der Waals surface area contributed by atoms with Crippen molar-refractivity contribution in [1.29, 1.82) is 0 Å². The number of nitrogen functional groups attached to an aromatic ring is 1. The van der Waals surface area contributed by atoms with Crippen LogP contribution < -0.4 is 5.73 Å². The van der Waals surface area contributed by atoms with Gasteiger partial charge in [-0.3, -0.25) is 0 Å². The number of hydrogen-bond acceptors (Lipinski definition) is 4. The van der Waals surface area contributed by atoms with Crippen molar-refractivity contribution < 1.29 is 0 Å². The number of anilines is 1. The van der Waals surface area contributed by atoms with Crippen molar-refractivity contribution in [1.82, 2.24) is 9.97 Å². The smallest absolute Gasteiger partial charge is 0.171 e. The van der Waals surface area contributed by atoms with Crippen LogP contribution in [0.3, 0.4) is 0 Å². The number of aromatic nitrogens is 2. The summed E-state index contributed by atoms with van der Waals surface area (Å²) in [5.74, 6) is 1.10. The summed E-state index contributed by atoms with van der Waals surface area (Å²) < 4.78 is 0.779. The number of rotatable bonds is 2. The third kappa shape index (κ3) is 2.21. The number of aryl methyl sites for hydroxylation is 1. The summed E-state index contributed by atoms with van der Waals surface area (Å²) in [5, 5.41) is 2.55. The molecule has 16 heavy (non-hydrogen) atoms. The third-order valence-corrected chi connectivity index (χ3v) is 4.21. The standard InChI is InChI=1S/C10H9BrClN3S/c1-2-6-8(11)9(13)15-10(14-6)7-3-5(12)4-16-7/h3-4H,2H2,1H3,(H2,13,14,15). The summed E-state index contributed by atoms with van der Waals surface area (Å²) in [5.41, 5.74) is 6.72. The van der Waals surface area contributed by atoms with Crippen molar-refractivity contribution >= 4 is 44.7 Å². The molecule has 0 fully saturated rings. The molecule has 0 aliphatic rings. The summed E-state index contributed by atoms with van der Waals surface area (Å²) in [4.78, 5) is 9.61. The average Bonchev–Trinajstić information content (AvgIpc) is 2.69.